The number of benzene rings is 1. The fourth-order valence-electron chi connectivity index (χ4n) is 2.95. The van der Waals surface area contributed by atoms with E-state index in [1.54, 1.807) is 7.11 Å². The van der Waals surface area contributed by atoms with Crippen LogP contribution in [0.3, 0.4) is 0 Å². The Balaban J connectivity index is 1.75. The molecular formula is C16H21NO5. The first kappa shape index (κ1) is 15.4. The summed E-state index contributed by atoms with van der Waals surface area (Å²) in [6.45, 7) is 1.90. The second-order valence-corrected chi connectivity index (χ2v) is 5.56. The van der Waals surface area contributed by atoms with Gasteiger partial charge in [0.25, 0.3) is 0 Å². The summed E-state index contributed by atoms with van der Waals surface area (Å²) >= 11 is 0. The number of carbonyl (C=O) groups excluding carboxylic acids is 1. The van der Waals surface area contributed by atoms with Crippen LogP contribution in [-0.2, 0) is 23.7 Å². The number of hydrogen-bond donors (Lipinski definition) is 1. The van der Waals surface area contributed by atoms with E-state index < -0.39 is 6.29 Å². The zero-order valence-electron chi connectivity index (χ0n) is 12.7. The first-order chi connectivity index (χ1) is 10.7. The highest BCUT2D eigenvalue weighted by molar-refractivity contribution is 5.73. The first-order valence-electron chi connectivity index (χ1n) is 7.44. The average Bonchev–Trinajstić information content (AvgIpc) is 2.54. The SMILES string of the molecule is CO[C@H]1C[C@@H](NC(C)=O)[C@H]2O[C@H](c3ccccc3)OC[C@@H]2O1. The van der Waals surface area contributed by atoms with Gasteiger partial charge in [-0.2, -0.15) is 0 Å². The maximum Gasteiger partial charge on any atom is 0.217 e. The van der Waals surface area contributed by atoms with E-state index in [9.17, 15) is 4.79 Å². The molecule has 0 aliphatic carbocycles. The molecule has 0 spiro atoms. The zero-order chi connectivity index (χ0) is 15.5. The molecule has 1 aromatic rings. The number of methoxy groups -OCH3 is 1. The van der Waals surface area contributed by atoms with E-state index in [2.05, 4.69) is 5.32 Å². The Morgan fingerprint density at radius 2 is 2.05 bits per heavy atom. The van der Waals surface area contributed by atoms with Crippen molar-refractivity contribution in [3.05, 3.63) is 35.9 Å². The molecule has 2 fully saturated rings. The summed E-state index contributed by atoms with van der Waals surface area (Å²) in [7, 11) is 1.59. The second-order valence-electron chi connectivity index (χ2n) is 5.56. The zero-order valence-corrected chi connectivity index (χ0v) is 12.7. The van der Waals surface area contributed by atoms with Gasteiger partial charge >= 0.3 is 0 Å². The van der Waals surface area contributed by atoms with Crippen molar-refractivity contribution in [3.63, 3.8) is 0 Å². The Bertz CT molecular complexity index is 509. The van der Waals surface area contributed by atoms with Crippen LogP contribution in [0.25, 0.3) is 0 Å². The van der Waals surface area contributed by atoms with Crippen LogP contribution in [0.1, 0.15) is 25.2 Å². The molecule has 0 saturated carbocycles. The van der Waals surface area contributed by atoms with Crippen LogP contribution in [-0.4, -0.2) is 44.2 Å². The smallest absolute Gasteiger partial charge is 0.217 e. The standard InChI is InChI=1S/C16H21NO5/c1-10(18)17-12-8-14(19-2)21-13-9-20-16(22-15(12)13)11-6-4-3-5-7-11/h3-7,12-16H,8-9H2,1-2H3,(H,17,18)/t12-,13+,14-,15-,16-/m1/s1. The van der Waals surface area contributed by atoms with Gasteiger partial charge in [-0.05, 0) is 0 Å². The minimum absolute atomic E-state index is 0.0909. The van der Waals surface area contributed by atoms with Gasteiger partial charge in [0.05, 0.1) is 12.6 Å². The topological polar surface area (TPSA) is 66.0 Å². The monoisotopic (exact) mass is 307 g/mol. The van der Waals surface area contributed by atoms with Crippen LogP contribution in [0.15, 0.2) is 30.3 Å². The van der Waals surface area contributed by atoms with Crippen molar-refractivity contribution < 1.29 is 23.7 Å². The number of carbonyl (C=O) groups is 1. The molecule has 2 heterocycles. The minimum atomic E-state index is -0.443. The molecule has 2 saturated heterocycles. The van der Waals surface area contributed by atoms with Crippen molar-refractivity contribution >= 4 is 5.91 Å². The van der Waals surface area contributed by atoms with E-state index in [1.807, 2.05) is 30.3 Å². The van der Waals surface area contributed by atoms with E-state index in [1.165, 1.54) is 6.92 Å². The molecule has 120 valence electrons. The molecule has 6 heteroatoms. The van der Waals surface area contributed by atoms with Crippen LogP contribution in [0, 0.1) is 0 Å². The Kier molecular flexibility index (Phi) is 4.73. The lowest BCUT2D eigenvalue weighted by molar-refractivity contribution is -0.319. The molecule has 2 aliphatic heterocycles. The predicted octanol–water partition coefficient (Wildman–Crippen LogP) is 1.37. The van der Waals surface area contributed by atoms with Crippen molar-refractivity contribution in [2.45, 2.75) is 44.2 Å². The minimum Gasteiger partial charge on any atom is -0.356 e. The van der Waals surface area contributed by atoms with Gasteiger partial charge in [0.15, 0.2) is 12.6 Å². The maximum atomic E-state index is 11.5. The van der Waals surface area contributed by atoms with Crippen molar-refractivity contribution in [2.75, 3.05) is 13.7 Å². The molecule has 1 amide bonds. The molecule has 22 heavy (non-hydrogen) atoms. The van der Waals surface area contributed by atoms with Gasteiger partial charge in [0, 0.05) is 26.0 Å². The molecule has 1 N–H and O–H groups in total. The highest BCUT2D eigenvalue weighted by Gasteiger charge is 2.44. The molecule has 0 unspecified atom stereocenters. The summed E-state index contributed by atoms with van der Waals surface area (Å²) in [5, 5.41) is 2.94. The molecule has 3 rings (SSSR count). The summed E-state index contributed by atoms with van der Waals surface area (Å²) in [4.78, 5) is 11.5. The van der Waals surface area contributed by atoms with Gasteiger partial charge in [-0.25, -0.2) is 0 Å². The molecular weight excluding hydrogens is 286 g/mol. The molecule has 1 aromatic carbocycles. The molecule has 6 nitrogen and oxygen atoms in total. The third kappa shape index (κ3) is 3.30. The summed E-state index contributed by atoms with van der Waals surface area (Å²) in [6.07, 6.45) is -0.761. The van der Waals surface area contributed by atoms with Crippen molar-refractivity contribution in [3.8, 4) is 0 Å². The number of ether oxygens (including phenoxy) is 4. The summed E-state index contributed by atoms with van der Waals surface area (Å²) in [5.41, 5.74) is 0.955. The average molecular weight is 307 g/mol. The number of amides is 1. The predicted molar refractivity (Wildman–Crippen MR) is 77.9 cm³/mol. The van der Waals surface area contributed by atoms with E-state index >= 15 is 0 Å². The highest BCUT2D eigenvalue weighted by Crippen LogP contribution is 2.33. The van der Waals surface area contributed by atoms with Gasteiger partial charge in [-0.15, -0.1) is 0 Å². The molecule has 0 aromatic heterocycles. The third-order valence-electron chi connectivity index (χ3n) is 3.95. The Hall–Kier alpha value is -1.47. The molecule has 0 bridgehead atoms. The van der Waals surface area contributed by atoms with Gasteiger partial charge in [-0.1, -0.05) is 30.3 Å². The summed E-state index contributed by atoms with van der Waals surface area (Å²) < 4.78 is 22.9. The molecule has 2 aliphatic rings. The highest BCUT2D eigenvalue weighted by atomic mass is 16.7. The lowest BCUT2D eigenvalue weighted by Gasteiger charge is -2.45. The van der Waals surface area contributed by atoms with E-state index in [0.717, 1.165) is 5.56 Å². The Morgan fingerprint density at radius 1 is 1.27 bits per heavy atom. The van der Waals surface area contributed by atoms with E-state index in [0.29, 0.717) is 13.0 Å². The largest absolute Gasteiger partial charge is 0.356 e. The second kappa shape index (κ2) is 6.75. The van der Waals surface area contributed by atoms with Gasteiger partial charge in [0.2, 0.25) is 5.91 Å². The fourth-order valence-corrected chi connectivity index (χ4v) is 2.95. The van der Waals surface area contributed by atoms with E-state index in [-0.39, 0.29) is 30.4 Å². The summed E-state index contributed by atoms with van der Waals surface area (Å²) in [5.74, 6) is -0.0909. The van der Waals surface area contributed by atoms with E-state index in [4.69, 9.17) is 18.9 Å². The fraction of sp³-hybridized carbons (Fsp3) is 0.562. The molecule has 0 radical (unpaired) electrons. The number of hydrogen-bond acceptors (Lipinski definition) is 5. The number of fused-ring (bicyclic) bond motifs is 1. The van der Waals surface area contributed by atoms with Crippen LogP contribution in [0.4, 0.5) is 0 Å². The van der Waals surface area contributed by atoms with Crippen molar-refractivity contribution in [2.24, 2.45) is 0 Å². The Morgan fingerprint density at radius 3 is 2.73 bits per heavy atom. The summed E-state index contributed by atoms with van der Waals surface area (Å²) in [6, 6.07) is 9.59. The quantitative estimate of drug-likeness (QED) is 0.913. The van der Waals surface area contributed by atoms with Crippen molar-refractivity contribution in [1.29, 1.82) is 0 Å². The molecule has 5 atom stereocenters. The Labute approximate surface area is 129 Å². The van der Waals surface area contributed by atoms with Crippen LogP contribution >= 0.6 is 0 Å². The number of rotatable bonds is 3. The van der Waals surface area contributed by atoms with Crippen molar-refractivity contribution in [1.82, 2.24) is 5.32 Å². The van der Waals surface area contributed by atoms with Crippen LogP contribution in [0.2, 0.25) is 0 Å². The third-order valence-corrected chi connectivity index (χ3v) is 3.95. The lowest BCUT2D eigenvalue weighted by Crippen LogP contribution is -2.60. The lowest BCUT2D eigenvalue weighted by atomic mass is 9.97. The van der Waals surface area contributed by atoms with Crippen LogP contribution < -0.4 is 5.32 Å². The van der Waals surface area contributed by atoms with Gasteiger partial charge in [0.1, 0.15) is 12.2 Å². The maximum absolute atomic E-state index is 11.5. The first-order valence-corrected chi connectivity index (χ1v) is 7.44. The number of nitrogens with one attached hydrogen (secondary N) is 1. The van der Waals surface area contributed by atoms with Gasteiger partial charge < -0.3 is 24.3 Å². The normalized spacial score (nSPS) is 34.7. The van der Waals surface area contributed by atoms with Gasteiger partial charge in [-0.3, -0.25) is 4.79 Å². The van der Waals surface area contributed by atoms with Crippen LogP contribution in [0.5, 0.6) is 0 Å².